The van der Waals surface area contributed by atoms with Crippen LogP contribution in [-0.2, 0) is 13.0 Å². The minimum absolute atomic E-state index is 0.504. The summed E-state index contributed by atoms with van der Waals surface area (Å²) in [6, 6.07) is 9.73. The molecular formula is C16H19ClN2O. The summed E-state index contributed by atoms with van der Waals surface area (Å²) < 4.78 is 5.77. The third-order valence-corrected chi connectivity index (χ3v) is 3.35. The summed E-state index contributed by atoms with van der Waals surface area (Å²) in [5.41, 5.74) is 2.14. The monoisotopic (exact) mass is 290 g/mol. The van der Waals surface area contributed by atoms with Gasteiger partial charge >= 0.3 is 0 Å². The van der Waals surface area contributed by atoms with Crippen LogP contribution in [0, 0.1) is 0 Å². The standard InChI is InChI=1S/C16H19ClN2O/c1-3-13-9-14(6-7-15(13)17)20-11-12-5-8-16(18-4-2)19-10-12/h5-10H,3-4,11H2,1-2H3,(H,18,19). The number of nitrogens with one attached hydrogen (secondary N) is 1. The van der Waals surface area contributed by atoms with Crippen LogP contribution in [0.2, 0.25) is 5.02 Å². The molecule has 0 atom stereocenters. The number of aromatic nitrogens is 1. The molecule has 0 radical (unpaired) electrons. The van der Waals surface area contributed by atoms with Crippen LogP contribution in [0.25, 0.3) is 0 Å². The molecule has 4 heteroatoms. The van der Waals surface area contributed by atoms with E-state index < -0.39 is 0 Å². The second-order valence-corrected chi connectivity index (χ2v) is 4.88. The van der Waals surface area contributed by atoms with Crippen LogP contribution in [-0.4, -0.2) is 11.5 Å². The third kappa shape index (κ3) is 3.87. The van der Waals surface area contributed by atoms with Crippen molar-refractivity contribution in [1.82, 2.24) is 4.98 Å². The van der Waals surface area contributed by atoms with Gasteiger partial charge in [-0.3, -0.25) is 0 Å². The van der Waals surface area contributed by atoms with E-state index in [0.29, 0.717) is 6.61 Å². The Kier molecular flexibility index (Phi) is 5.24. The van der Waals surface area contributed by atoms with Crippen LogP contribution >= 0.6 is 11.6 Å². The molecule has 20 heavy (non-hydrogen) atoms. The maximum absolute atomic E-state index is 6.09. The molecule has 0 unspecified atom stereocenters. The smallest absolute Gasteiger partial charge is 0.125 e. The van der Waals surface area contributed by atoms with Gasteiger partial charge in [0, 0.05) is 23.3 Å². The Balaban J connectivity index is 1.97. The number of nitrogens with zero attached hydrogens (tertiary/aromatic N) is 1. The summed E-state index contributed by atoms with van der Waals surface area (Å²) in [5.74, 6) is 1.72. The first-order valence-electron chi connectivity index (χ1n) is 6.83. The molecule has 1 aromatic heterocycles. The van der Waals surface area contributed by atoms with Crippen LogP contribution in [0.1, 0.15) is 25.0 Å². The lowest BCUT2D eigenvalue weighted by molar-refractivity contribution is 0.305. The highest BCUT2D eigenvalue weighted by molar-refractivity contribution is 6.31. The van der Waals surface area contributed by atoms with Crippen molar-refractivity contribution >= 4 is 17.4 Å². The SMILES string of the molecule is CCNc1ccc(COc2ccc(Cl)c(CC)c2)cn1. The molecule has 1 aromatic carbocycles. The van der Waals surface area contributed by atoms with Crippen molar-refractivity contribution in [3.05, 3.63) is 52.7 Å². The fourth-order valence-electron chi connectivity index (χ4n) is 1.87. The second kappa shape index (κ2) is 7.15. The first-order chi connectivity index (χ1) is 9.72. The Labute approximate surface area is 124 Å². The van der Waals surface area contributed by atoms with E-state index in [4.69, 9.17) is 16.3 Å². The summed E-state index contributed by atoms with van der Waals surface area (Å²) >= 11 is 6.09. The Morgan fingerprint density at radius 2 is 2.05 bits per heavy atom. The van der Waals surface area contributed by atoms with E-state index in [2.05, 4.69) is 17.2 Å². The predicted molar refractivity (Wildman–Crippen MR) is 83.6 cm³/mol. The molecule has 2 aromatic rings. The van der Waals surface area contributed by atoms with Gasteiger partial charge in [0.25, 0.3) is 0 Å². The zero-order chi connectivity index (χ0) is 14.4. The third-order valence-electron chi connectivity index (χ3n) is 2.99. The minimum Gasteiger partial charge on any atom is -0.489 e. The number of ether oxygens (including phenoxy) is 1. The lowest BCUT2D eigenvalue weighted by Gasteiger charge is -2.09. The van der Waals surface area contributed by atoms with E-state index in [0.717, 1.165) is 40.7 Å². The highest BCUT2D eigenvalue weighted by atomic mass is 35.5. The molecule has 0 fully saturated rings. The van der Waals surface area contributed by atoms with E-state index in [-0.39, 0.29) is 0 Å². The lowest BCUT2D eigenvalue weighted by atomic mass is 10.1. The van der Waals surface area contributed by atoms with Crippen molar-refractivity contribution in [3.8, 4) is 5.75 Å². The zero-order valence-corrected chi connectivity index (χ0v) is 12.6. The van der Waals surface area contributed by atoms with Crippen molar-refractivity contribution < 1.29 is 4.74 Å². The van der Waals surface area contributed by atoms with Gasteiger partial charge in [0.05, 0.1) is 0 Å². The molecule has 0 saturated carbocycles. The Hall–Kier alpha value is -1.74. The van der Waals surface area contributed by atoms with Gasteiger partial charge in [0.2, 0.25) is 0 Å². The molecular weight excluding hydrogens is 272 g/mol. The van der Waals surface area contributed by atoms with E-state index >= 15 is 0 Å². The molecule has 3 nitrogen and oxygen atoms in total. The van der Waals surface area contributed by atoms with E-state index in [1.54, 1.807) is 0 Å². The van der Waals surface area contributed by atoms with Crippen LogP contribution in [0.3, 0.4) is 0 Å². The van der Waals surface area contributed by atoms with Gasteiger partial charge in [-0.1, -0.05) is 24.6 Å². The fourth-order valence-corrected chi connectivity index (χ4v) is 2.13. The van der Waals surface area contributed by atoms with E-state index in [9.17, 15) is 0 Å². The average molecular weight is 291 g/mol. The van der Waals surface area contributed by atoms with Crippen LogP contribution in [0.4, 0.5) is 5.82 Å². The topological polar surface area (TPSA) is 34.1 Å². The number of anilines is 1. The number of aryl methyl sites for hydroxylation is 1. The molecule has 106 valence electrons. The Morgan fingerprint density at radius 1 is 1.20 bits per heavy atom. The number of rotatable bonds is 6. The minimum atomic E-state index is 0.504. The normalized spacial score (nSPS) is 10.3. The largest absolute Gasteiger partial charge is 0.489 e. The van der Waals surface area contributed by atoms with Gasteiger partial charge in [-0.25, -0.2) is 4.98 Å². The highest BCUT2D eigenvalue weighted by Crippen LogP contribution is 2.23. The molecule has 2 rings (SSSR count). The zero-order valence-electron chi connectivity index (χ0n) is 11.8. The first-order valence-corrected chi connectivity index (χ1v) is 7.20. The summed E-state index contributed by atoms with van der Waals surface area (Å²) in [6.07, 6.45) is 2.73. The second-order valence-electron chi connectivity index (χ2n) is 4.48. The van der Waals surface area contributed by atoms with Crippen molar-refractivity contribution in [2.24, 2.45) is 0 Å². The van der Waals surface area contributed by atoms with Gasteiger partial charge in [-0.15, -0.1) is 0 Å². The maximum Gasteiger partial charge on any atom is 0.125 e. The molecule has 1 N–H and O–H groups in total. The average Bonchev–Trinajstić information content (AvgIpc) is 2.48. The quantitative estimate of drug-likeness (QED) is 0.861. The molecule has 0 bridgehead atoms. The number of benzene rings is 1. The Morgan fingerprint density at radius 3 is 2.70 bits per heavy atom. The fraction of sp³-hybridized carbons (Fsp3) is 0.312. The summed E-state index contributed by atoms with van der Waals surface area (Å²) in [5, 5.41) is 3.95. The van der Waals surface area contributed by atoms with Gasteiger partial charge in [-0.2, -0.15) is 0 Å². The van der Waals surface area contributed by atoms with Crippen molar-refractivity contribution in [3.63, 3.8) is 0 Å². The summed E-state index contributed by atoms with van der Waals surface area (Å²) in [4.78, 5) is 4.32. The van der Waals surface area contributed by atoms with Crippen molar-refractivity contribution in [1.29, 1.82) is 0 Å². The Bertz CT molecular complexity index is 555. The van der Waals surface area contributed by atoms with Gasteiger partial charge < -0.3 is 10.1 Å². The van der Waals surface area contributed by atoms with Crippen LogP contribution < -0.4 is 10.1 Å². The van der Waals surface area contributed by atoms with Crippen molar-refractivity contribution in [2.45, 2.75) is 26.9 Å². The number of pyridine rings is 1. The highest BCUT2D eigenvalue weighted by Gasteiger charge is 2.02. The number of hydrogen-bond donors (Lipinski definition) is 1. The molecule has 0 aliphatic rings. The molecule has 0 amide bonds. The maximum atomic E-state index is 6.09. The van der Waals surface area contributed by atoms with Crippen molar-refractivity contribution in [2.75, 3.05) is 11.9 Å². The van der Waals surface area contributed by atoms with Crippen LogP contribution in [0.15, 0.2) is 36.5 Å². The van der Waals surface area contributed by atoms with E-state index in [1.807, 2.05) is 43.5 Å². The number of hydrogen-bond acceptors (Lipinski definition) is 3. The first kappa shape index (κ1) is 14.7. The number of halogens is 1. The van der Waals surface area contributed by atoms with Gasteiger partial charge in [0.15, 0.2) is 0 Å². The summed E-state index contributed by atoms with van der Waals surface area (Å²) in [7, 11) is 0. The molecule has 1 heterocycles. The van der Waals surface area contributed by atoms with E-state index in [1.165, 1.54) is 0 Å². The lowest BCUT2D eigenvalue weighted by Crippen LogP contribution is -2.01. The van der Waals surface area contributed by atoms with Crippen LogP contribution in [0.5, 0.6) is 5.75 Å². The molecule has 0 aliphatic carbocycles. The summed E-state index contributed by atoms with van der Waals surface area (Å²) in [6.45, 7) is 5.50. The van der Waals surface area contributed by atoms with Gasteiger partial charge in [0.1, 0.15) is 18.2 Å². The van der Waals surface area contributed by atoms with Gasteiger partial charge in [-0.05, 0) is 43.2 Å². The molecule has 0 saturated heterocycles. The predicted octanol–water partition coefficient (Wildman–Crippen LogP) is 4.31. The molecule has 0 spiro atoms. The molecule has 0 aliphatic heterocycles.